The van der Waals surface area contributed by atoms with E-state index in [1.165, 1.54) is 18.2 Å². The van der Waals surface area contributed by atoms with Crippen LogP contribution in [0.25, 0.3) is 0 Å². The lowest BCUT2D eigenvalue weighted by Gasteiger charge is -2.20. The topological polar surface area (TPSA) is 46.2 Å². The van der Waals surface area contributed by atoms with E-state index in [1.807, 2.05) is 0 Å². The Labute approximate surface area is 148 Å². The van der Waals surface area contributed by atoms with Crippen LogP contribution in [-0.2, 0) is 10.0 Å². The molecule has 0 radical (unpaired) electrons. The van der Waals surface area contributed by atoms with Crippen molar-refractivity contribution < 1.29 is 12.8 Å². The molecule has 0 spiro atoms. The van der Waals surface area contributed by atoms with Crippen molar-refractivity contribution in [3.8, 4) is 0 Å². The number of thiophene rings is 1. The maximum atomic E-state index is 13.2. The van der Waals surface area contributed by atoms with Gasteiger partial charge in [-0.2, -0.15) is 4.72 Å². The van der Waals surface area contributed by atoms with Crippen molar-refractivity contribution in [1.82, 2.24) is 4.72 Å². The summed E-state index contributed by atoms with van der Waals surface area (Å²) < 4.78 is 41.3. The van der Waals surface area contributed by atoms with E-state index in [9.17, 15) is 12.8 Å². The SMILES string of the molecule is O=S(=O)(N[C@@H](c1ccc(F)cc1)c1ccccc1Cl)c1cccs1. The van der Waals surface area contributed by atoms with Gasteiger partial charge >= 0.3 is 0 Å². The lowest BCUT2D eigenvalue weighted by molar-refractivity contribution is 0.574. The van der Waals surface area contributed by atoms with E-state index < -0.39 is 21.9 Å². The van der Waals surface area contributed by atoms with Crippen molar-refractivity contribution in [3.05, 3.63) is 88.0 Å². The Hall–Kier alpha value is -1.73. The predicted molar refractivity (Wildman–Crippen MR) is 94.3 cm³/mol. The molecule has 1 N–H and O–H groups in total. The molecule has 0 saturated heterocycles. The fraction of sp³-hybridized carbons (Fsp3) is 0.0588. The minimum absolute atomic E-state index is 0.210. The van der Waals surface area contributed by atoms with E-state index >= 15 is 0 Å². The van der Waals surface area contributed by atoms with E-state index in [4.69, 9.17) is 11.6 Å². The summed E-state index contributed by atoms with van der Waals surface area (Å²) in [5, 5.41) is 2.12. The maximum Gasteiger partial charge on any atom is 0.250 e. The molecule has 1 atom stereocenters. The van der Waals surface area contributed by atoms with E-state index in [0.717, 1.165) is 11.3 Å². The van der Waals surface area contributed by atoms with Crippen LogP contribution < -0.4 is 4.72 Å². The number of hydrogen-bond acceptors (Lipinski definition) is 3. The number of nitrogens with one attached hydrogen (secondary N) is 1. The summed E-state index contributed by atoms with van der Waals surface area (Å²) in [7, 11) is -3.72. The largest absolute Gasteiger partial charge is 0.250 e. The van der Waals surface area contributed by atoms with Gasteiger partial charge in [0.25, 0.3) is 10.0 Å². The van der Waals surface area contributed by atoms with Gasteiger partial charge in [0.05, 0.1) is 6.04 Å². The quantitative estimate of drug-likeness (QED) is 0.701. The molecule has 0 unspecified atom stereocenters. The minimum atomic E-state index is -3.72. The molecule has 0 aliphatic carbocycles. The van der Waals surface area contributed by atoms with Crippen LogP contribution in [0.4, 0.5) is 4.39 Å². The van der Waals surface area contributed by atoms with E-state index in [2.05, 4.69) is 4.72 Å². The minimum Gasteiger partial charge on any atom is -0.207 e. The third-order valence-corrected chi connectivity index (χ3v) is 6.62. The van der Waals surface area contributed by atoms with Crippen LogP contribution in [-0.4, -0.2) is 8.42 Å². The molecule has 0 bridgehead atoms. The Balaban J connectivity index is 2.06. The molecular formula is C17H13ClFNO2S2. The van der Waals surface area contributed by atoms with Gasteiger partial charge in [0, 0.05) is 5.02 Å². The van der Waals surface area contributed by atoms with Crippen LogP contribution in [0.15, 0.2) is 70.3 Å². The lowest BCUT2D eigenvalue weighted by atomic mass is 10.00. The van der Waals surface area contributed by atoms with Crippen LogP contribution in [0.1, 0.15) is 17.2 Å². The monoisotopic (exact) mass is 381 g/mol. The van der Waals surface area contributed by atoms with Gasteiger partial charge in [-0.3, -0.25) is 0 Å². The average Bonchev–Trinajstić information content (AvgIpc) is 3.10. The van der Waals surface area contributed by atoms with Gasteiger partial charge in [-0.05, 0) is 40.8 Å². The highest BCUT2D eigenvalue weighted by molar-refractivity contribution is 7.91. The molecule has 2 aromatic carbocycles. The number of halogens is 2. The highest BCUT2D eigenvalue weighted by Crippen LogP contribution is 2.30. The van der Waals surface area contributed by atoms with Gasteiger partial charge in [0.1, 0.15) is 10.0 Å². The first-order valence-electron chi connectivity index (χ1n) is 7.03. The highest BCUT2D eigenvalue weighted by atomic mass is 35.5. The molecular weight excluding hydrogens is 369 g/mol. The van der Waals surface area contributed by atoms with Crippen molar-refractivity contribution in [2.45, 2.75) is 10.3 Å². The first kappa shape index (κ1) is 17.1. The molecule has 124 valence electrons. The second kappa shape index (κ2) is 7.03. The molecule has 0 saturated carbocycles. The van der Waals surface area contributed by atoms with Crippen LogP contribution >= 0.6 is 22.9 Å². The highest BCUT2D eigenvalue weighted by Gasteiger charge is 2.25. The van der Waals surface area contributed by atoms with Gasteiger partial charge in [-0.15, -0.1) is 11.3 Å². The number of sulfonamides is 1. The van der Waals surface area contributed by atoms with Crippen molar-refractivity contribution >= 4 is 33.0 Å². The van der Waals surface area contributed by atoms with Crippen LogP contribution in [0.3, 0.4) is 0 Å². The number of benzene rings is 2. The average molecular weight is 382 g/mol. The predicted octanol–water partition coefficient (Wildman–Crippen LogP) is 4.61. The Bertz CT molecular complexity index is 925. The smallest absolute Gasteiger partial charge is 0.207 e. The van der Waals surface area contributed by atoms with Crippen molar-refractivity contribution in [2.24, 2.45) is 0 Å². The molecule has 0 fully saturated rings. The molecule has 1 aromatic heterocycles. The Morgan fingerprint density at radius 3 is 2.33 bits per heavy atom. The van der Waals surface area contributed by atoms with E-state index in [1.54, 1.807) is 47.8 Å². The fourth-order valence-electron chi connectivity index (χ4n) is 2.31. The van der Waals surface area contributed by atoms with Crippen LogP contribution in [0, 0.1) is 5.82 Å². The zero-order chi connectivity index (χ0) is 17.2. The summed E-state index contributed by atoms with van der Waals surface area (Å²) in [6.45, 7) is 0. The van der Waals surface area contributed by atoms with Crippen LogP contribution in [0.2, 0.25) is 5.02 Å². The molecule has 24 heavy (non-hydrogen) atoms. The van der Waals surface area contributed by atoms with E-state index in [-0.39, 0.29) is 4.21 Å². The summed E-state index contributed by atoms with van der Waals surface area (Å²) >= 11 is 7.37. The standard InChI is InChI=1S/C17H13ClFNO2S2/c18-15-5-2-1-4-14(15)17(12-7-9-13(19)10-8-12)20-24(21,22)16-6-3-11-23-16/h1-11,17,20H/t17-/m0/s1. The summed E-state index contributed by atoms with van der Waals surface area (Å²) in [5.41, 5.74) is 1.20. The summed E-state index contributed by atoms with van der Waals surface area (Å²) in [6.07, 6.45) is 0. The lowest BCUT2D eigenvalue weighted by Crippen LogP contribution is -2.29. The van der Waals surface area contributed by atoms with Crippen molar-refractivity contribution in [1.29, 1.82) is 0 Å². The summed E-state index contributed by atoms with van der Waals surface area (Å²) in [5.74, 6) is -0.391. The Morgan fingerprint density at radius 1 is 1.00 bits per heavy atom. The first-order valence-corrected chi connectivity index (χ1v) is 9.77. The molecule has 0 amide bonds. The Morgan fingerprint density at radius 2 is 1.71 bits per heavy atom. The normalized spacial score (nSPS) is 12.9. The zero-order valence-corrected chi connectivity index (χ0v) is 14.7. The first-order chi connectivity index (χ1) is 11.5. The molecule has 1 heterocycles. The maximum absolute atomic E-state index is 13.2. The third-order valence-electron chi connectivity index (χ3n) is 3.45. The van der Waals surface area contributed by atoms with Crippen molar-refractivity contribution in [3.63, 3.8) is 0 Å². The molecule has 7 heteroatoms. The molecule has 0 aliphatic heterocycles. The van der Waals surface area contributed by atoms with Gasteiger partial charge in [0.15, 0.2) is 0 Å². The summed E-state index contributed by atoms with van der Waals surface area (Å²) in [6, 6.07) is 15.1. The Kier molecular flexibility index (Phi) is 5.01. The van der Waals surface area contributed by atoms with Gasteiger partial charge in [-0.1, -0.05) is 48.0 Å². The van der Waals surface area contributed by atoms with Crippen LogP contribution in [0.5, 0.6) is 0 Å². The van der Waals surface area contributed by atoms with E-state index in [0.29, 0.717) is 16.1 Å². The fourth-order valence-corrected chi connectivity index (χ4v) is 4.76. The van der Waals surface area contributed by atoms with Crippen molar-refractivity contribution in [2.75, 3.05) is 0 Å². The molecule has 3 rings (SSSR count). The molecule has 0 aliphatic rings. The number of rotatable bonds is 5. The zero-order valence-electron chi connectivity index (χ0n) is 12.3. The van der Waals surface area contributed by atoms with Gasteiger partial charge in [-0.25, -0.2) is 12.8 Å². The van der Waals surface area contributed by atoms with Gasteiger partial charge < -0.3 is 0 Å². The second-order valence-corrected chi connectivity index (χ2v) is 8.36. The third kappa shape index (κ3) is 3.67. The molecule has 3 nitrogen and oxygen atoms in total. The van der Waals surface area contributed by atoms with Gasteiger partial charge in [0.2, 0.25) is 0 Å². The summed E-state index contributed by atoms with van der Waals surface area (Å²) in [4.78, 5) is 0. The molecule has 3 aromatic rings. The number of hydrogen-bond donors (Lipinski definition) is 1. The second-order valence-electron chi connectivity index (χ2n) is 5.06.